The predicted molar refractivity (Wildman–Crippen MR) is 84.7 cm³/mol. The fraction of sp³-hybridized carbons (Fsp3) is 0.0714. The molecule has 3 N–H and O–H groups in total. The molecule has 21 heavy (non-hydrogen) atoms. The molecule has 7 heteroatoms. The molecule has 6 nitrogen and oxygen atoms in total. The van der Waals surface area contributed by atoms with Crippen LogP contribution in [0.15, 0.2) is 41.1 Å². The van der Waals surface area contributed by atoms with Crippen molar-refractivity contribution in [3.63, 3.8) is 0 Å². The minimum Gasteiger partial charge on any atom is -0.355 e. The van der Waals surface area contributed by atoms with Crippen LogP contribution in [-0.2, 0) is 0 Å². The number of hydrogen-bond donors (Lipinski definition) is 3. The van der Waals surface area contributed by atoms with Crippen molar-refractivity contribution in [2.75, 3.05) is 12.4 Å². The van der Waals surface area contributed by atoms with E-state index >= 15 is 0 Å². The molecule has 2 aromatic heterocycles. The maximum Gasteiger partial charge on any atom is 0.267 e. The molecule has 0 radical (unpaired) electrons. The number of nitrogens with one attached hydrogen (secondary N) is 3. The zero-order valence-electron chi connectivity index (χ0n) is 11.1. The average molecular weight is 346 g/mol. The molecule has 0 aliphatic heterocycles. The Morgan fingerprint density at radius 2 is 2.19 bits per heavy atom. The number of carbonyl (C=O) groups excluding carboxylic acids is 1. The first-order chi connectivity index (χ1) is 10.2. The molecule has 2 heterocycles. The standard InChI is InChI=1S/C14H12BrN5O/c1-16-13(21)12-5-10(7-17-12)19-14-18-6-8-2-3-9(15)4-11(8)20-14/h2-7,17H,1H3,(H,16,21)(H,18,19,20). The van der Waals surface area contributed by atoms with Crippen molar-refractivity contribution in [1.29, 1.82) is 0 Å². The van der Waals surface area contributed by atoms with Gasteiger partial charge in [0.2, 0.25) is 5.95 Å². The van der Waals surface area contributed by atoms with Crippen molar-refractivity contribution in [1.82, 2.24) is 20.3 Å². The van der Waals surface area contributed by atoms with Crippen molar-refractivity contribution in [3.8, 4) is 0 Å². The second-order valence-corrected chi connectivity index (χ2v) is 5.32. The summed E-state index contributed by atoms with van der Waals surface area (Å²) < 4.78 is 0.961. The van der Waals surface area contributed by atoms with E-state index in [1.54, 1.807) is 25.5 Å². The van der Waals surface area contributed by atoms with E-state index in [1.807, 2.05) is 18.2 Å². The topological polar surface area (TPSA) is 82.7 Å². The Hall–Kier alpha value is -2.41. The summed E-state index contributed by atoms with van der Waals surface area (Å²) in [5, 5.41) is 6.58. The molecule has 1 aromatic carbocycles. The lowest BCUT2D eigenvalue weighted by atomic mass is 10.2. The molecule has 0 fully saturated rings. The highest BCUT2D eigenvalue weighted by molar-refractivity contribution is 9.10. The van der Waals surface area contributed by atoms with Crippen LogP contribution in [0.4, 0.5) is 11.6 Å². The van der Waals surface area contributed by atoms with E-state index in [-0.39, 0.29) is 5.91 Å². The van der Waals surface area contributed by atoms with Gasteiger partial charge in [0.25, 0.3) is 5.91 Å². The molecule has 0 aliphatic carbocycles. The second-order valence-electron chi connectivity index (χ2n) is 4.40. The molecule has 3 aromatic rings. The van der Waals surface area contributed by atoms with E-state index in [9.17, 15) is 4.79 Å². The van der Waals surface area contributed by atoms with Crippen LogP contribution >= 0.6 is 15.9 Å². The number of amides is 1. The number of halogens is 1. The minimum absolute atomic E-state index is 0.175. The van der Waals surface area contributed by atoms with Crippen molar-refractivity contribution in [2.24, 2.45) is 0 Å². The van der Waals surface area contributed by atoms with Gasteiger partial charge in [0.15, 0.2) is 0 Å². The lowest BCUT2D eigenvalue weighted by Gasteiger charge is -2.03. The Balaban J connectivity index is 1.87. The summed E-state index contributed by atoms with van der Waals surface area (Å²) >= 11 is 3.42. The number of nitrogens with zero attached hydrogens (tertiary/aromatic N) is 2. The lowest BCUT2D eigenvalue weighted by Crippen LogP contribution is -2.17. The fourth-order valence-electron chi connectivity index (χ4n) is 1.92. The van der Waals surface area contributed by atoms with E-state index < -0.39 is 0 Å². The summed E-state index contributed by atoms with van der Waals surface area (Å²) in [7, 11) is 1.58. The molecule has 0 aliphatic rings. The summed E-state index contributed by atoms with van der Waals surface area (Å²) in [6, 6.07) is 7.52. The molecule has 0 spiro atoms. The Morgan fingerprint density at radius 3 is 3.00 bits per heavy atom. The van der Waals surface area contributed by atoms with Crippen LogP contribution in [0.2, 0.25) is 0 Å². The maximum atomic E-state index is 11.5. The molecular weight excluding hydrogens is 334 g/mol. The van der Waals surface area contributed by atoms with Crippen LogP contribution in [0.1, 0.15) is 10.5 Å². The highest BCUT2D eigenvalue weighted by atomic mass is 79.9. The number of fused-ring (bicyclic) bond motifs is 1. The number of anilines is 2. The van der Waals surface area contributed by atoms with E-state index in [4.69, 9.17) is 0 Å². The third-order valence-electron chi connectivity index (χ3n) is 2.96. The molecule has 0 bridgehead atoms. The fourth-order valence-corrected chi connectivity index (χ4v) is 2.27. The van der Waals surface area contributed by atoms with Gasteiger partial charge in [-0.15, -0.1) is 0 Å². The molecule has 0 atom stereocenters. The summed E-state index contributed by atoms with van der Waals surface area (Å²) in [5.41, 5.74) is 2.04. The van der Waals surface area contributed by atoms with Gasteiger partial charge >= 0.3 is 0 Å². The van der Waals surface area contributed by atoms with Crippen LogP contribution in [0.25, 0.3) is 10.9 Å². The van der Waals surface area contributed by atoms with Gasteiger partial charge in [-0.1, -0.05) is 22.0 Å². The number of benzene rings is 1. The van der Waals surface area contributed by atoms with Gasteiger partial charge in [-0.25, -0.2) is 9.97 Å². The normalized spacial score (nSPS) is 10.6. The number of carbonyl (C=O) groups is 1. The number of aromatic amines is 1. The van der Waals surface area contributed by atoms with Crippen LogP contribution in [-0.4, -0.2) is 27.9 Å². The molecule has 106 valence electrons. The molecular formula is C14H12BrN5O. The van der Waals surface area contributed by atoms with Crippen LogP contribution in [0, 0.1) is 0 Å². The van der Waals surface area contributed by atoms with Crippen molar-refractivity contribution >= 4 is 44.4 Å². The lowest BCUT2D eigenvalue weighted by molar-refractivity contribution is 0.0959. The molecule has 0 saturated heterocycles. The number of H-pyrrole nitrogens is 1. The zero-order valence-corrected chi connectivity index (χ0v) is 12.7. The first-order valence-corrected chi connectivity index (χ1v) is 7.05. The van der Waals surface area contributed by atoms with Gasteiger partial charge in [-0.05, 0) is 18.2 Å². The summed E-state index contributed by atoms with van der Waals surface area (Å²) in [5.74, 6) is 0.300. The monoisotopic (exact) mass is 345 g/mol. The highest BCUT2D eigenvalue weighted by Crippen LogP contribution is 2.20. The maximum absolute atomic E-state index is 11.5. The van der Waals surface area contributed by atoms with E-state index in [0.29, 0.717) is 11.6 Å². The number of aromatic nitrogens is 3. The zero-order chi connectivity index (χ0) is 14.8. The number of hydrogen-bond acceptors (Lipinski definition) is 4. The molecule has 0 saturated carbocycles. The first kappa shape index (κ1) is 13.6. The SMILES string of the molecule is CNC(=O)c1cc(Nc2ncc3ccc(Br)cc3n2)c[nH]1. The van der Waals surface area contributed by atoms with E-state index in [1.165, 1.54) is 0 Å². The van der Waals surface area contributed by atoms with Gasteiger partial charge in [-0.2, -0.15) is 0 Å². The van der Waals surface area contributed by atoms with Crippen LogP contribution in [0.3, 0.4) is 0 Å². The number of rotatable bonds is 3. The highest BCUT2D eigenvalue weighted by Gasteiger charge is 2.07. The Morgan fingerprint density at radius 1 is 1.33 bits per heavy atom. The van der Waals surface area contributed by atoms with E-state index in [0.717, 1.165) is 21.1 Å². The third-order valence-corrected chi connectivity index (χ3v) is 3.45. The Labute approximate surface area is 129 Å². The van der Waals surface area contributed by atoms with Gasteiger partial charge < -0.3 is 15.6 Å². The molecule has 3 rings (SSSR count). The average Bonchev–Trinajstić information content (AvgIpc) is 2.94. The van der Waals surface area contributed by atoms with E-state index in [2.05, 4.69) is 41.5 Å². The second kappa shape index (κ2) is 5.53. The van der Waals surface area contributed by atoms with Crippen molar-refractivity contribution in [2.45, 2.75) is 0 Å². The largest absolute Gasteiger partial charge is 0.355 e. The minimum atomic E-state index is -0.175. The molecule has 1 amide bonds. The first-order valence-electron chi connectivity index (χ1n) is 6.25. The summed E-state index contributed by atoms with van der Waals surface area (Å²) in [6.07, 6.45) is 3.45. The smallest absolute Gasteiger partial charge is 0.267 e. The van der Waals surface area contributed by atoms with Gasteiger partial charge in [0.05, 0.1) is 11.2 Å². The third kappa shape index (κ3) is 2.87. The van der Waals surface area contributed by atoms with Crippen LogP contribution in [0.5, 0.6) is 0 Å². The quantitative estimate of drug-likeness (QED) is 0.681. The van der Waals surface area contributed by atoms with Crippen LogP contribution < -0.4 is 10.6 Å². The predicted octanol–water partition coefficient (Wildman–Crippen LogP) is 2.82. The van der Waals surface area contributed by atoms with Gasteiger partial charge in [0.1, 0.15) is 5.69 Å². The summed E-state index contributed by atoms with van der Waals surface area (Å²) in [4.78, 5) is 23.1. The van der Waals surface area contributed by atoms with Crippen molar-refractivity contribution in [3.05, 3.63) is 46.8 Å². The van der Waals surface area contributed by atoms with Gasteiger partial charge in [-0.3, -0.25) is 4.79 Å². The molecule has 0 unspecified atom stereocenters. The summed E-state index contributed by atoms with van der Waals surface area (Å²) in [6.45, 7) is 0. The Kier molecular flexibility index (Phi) is 3.57. The Bertz CT molecular complexity index is 814. The van der Waals surface area contributed by atoms with Crippen molar-refractivity contribution < 1.29 is 4.79 Å². The van der Waals surface area contributed by atoms with Gasteiger partial charge in [0, 0.05) is 29.3 Å².